The first-order valence-electron chi connectivity index (χ1n) is 9.27. The number of ketones is 1. The van der Waals surface area contributed by atoms with Crippen LogP contribution in [-0.4, -0.2) is 30.0 Å². The fraction of sp³-hybridized carbons (Fsp3) is 0.227. The maximum atomic E-state index is 12.3. The van der Waals surface area contributed by atoms with Crippen LogP contribution in [0.1, 0.15) is 29.1 Å². The van der Waals surface area contributed by atoms with E-state index >= 15 is 0 Å². The molecule has 1 aliphatic heterocycles. The number of aromatic nitrogens is 1. The van der Waals surface area contributed by atoms with Crippen molar-refractivity contribution in [3.05, 3.63) is 66.2 Å². The van der Waals surface area contributed by atoms with Crippen LogP contribution in [0.2, 0.25) is 0 Å². The zero-order chi connectivity index (χ0) is 20.1. The molecule has 0 bridgehead atoms. The molecule has 0 N–H and O–H groups in total. The van der Waals surface area contributed by atoms with Crippen molar-refractivity contribution in [3.63, 3.8) is 0 Å². The van der Waals surface area contributed by atoms with E-state index in [1.807, 2.05) is 30.3 Å². The Hall–Kier alpha value is -3.61. The summed E-state index contributed by atoms with van der Waals surface area (Å²) in [5, 5.41) is 0. The molecule has 2 aromatic carbocycles. The van der Waals surface area contributed by atoms with Gasteiger partial charge in [-0.25, -0.2) is 4.98 Å². The molecule has 0 radical (unpaired) electrons. The van der Waals surface area contributed by atoms with E-state index in [0.29, 0.717) is 41.9 Å². The molecule has 0 amide bonds. The number of Topliss-reactive ketones (excluding diaryl/α,β-unsaturated/α-hetero) is 1. The summed E-state index contributed by atoms with van der Waals surface area (Å²) in [7, 11) is 0. The van der Waals surface area contributed by atoms with Gasteiger partial charge in [0.15, 0.2) is 29.6 Å². The number of oxazole rings is 1. The van der Waals surface area contributed by atoms with Gasteiger partial charge < -0.3 is 18.6 Å². The van der Waals surface area contributed by atoms with Crippen molar-refractivity contribution in [1.29, 1.82) is 0 Å². The molecule has 0 saturated carbocycles. The number of benzene rings is 2. The van der Waals surface area contributed by atoms with Crippen LogP contribution < -0.4 is 9.47 Å². The molecule has 3 aromatic rings. The summed E-state index contributed by atoms with van der Waals surface area (Å²) in [6, 6.07) is 14.5. The Morgan fingerprint density at radius 2 is 1.76 bits per heavy atom. The SMILES string of the molecule is O=C(CCC(=O)c1ccc2c(c1)OCCO2)OCc1ncc(-c2ccccc2)o1. The number of hydrogen-bond acceptors (Lipinski definition) is 7. The van der Waals surface area contributed by atoms with Gasteiger partial charge in [0.1, 0.15) is 13.2 Å². The van der Waals surface area contributed by atoms with E-state index in [0.717, 1.165) is 5.56 Å². The third kappa shape index (κ3) is 4.63. The average Bonchev–Trinajstić information content (AvgIpc) is 3.25. The molecule has 7 nitrogen and oxygen atoms in total. The van der Waals surface area contributed by atoms with Crippen molar-refractivity contribution in [2.24, 2.45) is 0 Å². The third-order valence-corrected chi connectivity index (χ3v) is 4.39. The van der Waals surface area contributed by atoms with E-state index < -0.39 is 5.97 Å². The fourth-order valence-corrected chi connectivity index (χ4v) is 2.90. The van der Waals surface area contributed by atoms with Gasteiger partial charge in [0.25, 0.3) is 0 Å². The number of carbonyl (C=O) groups excluding carboxylic acids is 2. The third-order valence-electron chi connectivity index (χ3n) is 4.39. The second-order valence-electron chi connectivity index (χ2n) is 6.43. The highest BCUT2D eigenvalue weighted by atomic mass is 16.6. The minimum Gasteiger partial charge on any atom is -0.486 e. The standard InChI is InChI=1S/C22H19NO6/c24-17(16-6-8-18-19(12-16)27-11-10-26-18)7-9-22(25)28-14-21-23-13-20(29-21)15-4-2-1-3-5-15/h1-6,8,12-13H,7,9-11,14H2. The number of ether oxygens (including phenoxy) is 3. The number of nitrogens with zero attached hydrogens (tertiary/aromatic N) is 1. The van der Waals surface area contributed by atoms with Crippen molar-refractivity contribution in [1.82, 2.24) is 4.98 Å². The maximum Gasteiger partial charge on any atom is 0.306 e. The van der Waals surface area contributed by atoms with Crippen LogP contribution in [0.5, 0.6) is 11.5 Å². The quantitative estimate of drug-likeness (QED) is 0.445. The number of fused-ring (bicyclic) bond motifs is 1. The molecule has 0 aliphatic carbocycles. The molecular weight excluding hydrogens is 374 g/mol. The van der Waals surface area contributed by atoms with Gasteiger partial charge in [0.05, 0.1) is 12.6 Å². The zero-order valence-electron chi connectivity index (χ0n) is 15.6. The van der Waals surface area contributed by atoms with Gasteiger partial charge in [0, 0.05) is 17.5 Å². The lowest BCUT2D eigenvalue weighted by Crippen LogP contribution is -2.16. The Kier molecular flexibility index (Phi) is 5.56. The molecule has 29 heavy (non-hydrogen) atoms. The van der Waals surface area contributed by atoms with Crippen molar-refractivity contribution < 1.29 is 28.2 Å². The van der Waals surface area contributed by atoms with Gasteiger partial charge in [-0.1, -0.05) is 30.3 Å². The summed E-state index contributed by atoms with van der Waals surface area (Å²) >= 11 is 0. The molecule has 0 atom stereocenters. The van der Waals surface area contributed by atoms with E-state index in [9.17, 15) is 9.59 Å². The summed E-state index contributed by atoms with van der Waals surface area (Å²) in [5.41, 5.74) is 1.37. The lowest BCUT2D eigenvalue weighted by Gasteiger charge is -2.18. The summed E-state index contributed by atoms with van der Waals surface area (Å²) in [6.45, 7) is 0.858. The van der Waals surface area contributed by atoms with Crippen LogP contribution in [0.4, 0.5) is 0 Å². The van der Waals surface area contributed by atoms with Gasteiger partial charge in [-0.3, -0.25) is 9.59 Å². The van der Waals surface area contributed by atoms with Crippen LogP contribution in [0.3, 0.4) is 0 Å². The van der Waals surface area contributed by atoms with Crippen LogP contribution in [-0.2, 0) is 16.1 Å². The van der Waals surface area contributed by atoms with E-state index in [1.54, 1.807) is 24.4 Å². The molecule has 0 spiro atoms. The maximum absolute atomic E-state index is 12.3. The Labute approximate surface area is 167 Å². The molecule has 0 unspecified atom stereocenters. The number of rotatable bonds is 7. The van der Waals surface area contributed by atoms with Gasteiger partial charge in [-0.2, -0.15) is 0 Å². The van der Waals surface area contributed by atoms with Crippen molar-refractivity contribution >= 4 is 11.8 Å². The molecule has 1 aromatic heterocycles. The van der Waals surface area contributed by atoms with E-state index in [-0.39, 0.29) is 25.2 Å². The molecule has 4 rings (SSSR count). The number of esters is 1. The predicted molar refractivity (Wildman–Crippen MR) is 103 cm³/mol. The van der Waals surface area contributed by atoms with Gasteiger partial charge >= 0.3 is 5.97 Å². The van der Waals surface area contributed by atoms with Gasteiger partial charge in [-0.05, 0) is 18.2 Å². The second-order valence-corrected chi connectivity index (χ2v) is 6.43. The first-order valence-corrected chi connectivity index (χ1v) is 9.27. The van der Waals surface area contributed by atoms with E-state index in [4.69, 9.17) is 18.6 Å². The van der Waals surface area contributed by atoms with Crippen LogP contribution in [0.15, 0.2) is 59.1 Å². The number of carbonyl (C=O) groups is 2. The van der Waals surface area contributed by atoms with E-state index in [2.05, 4.69) is 4.98 Å². The molecule has 7 heteroatoms. The minimum atomic E-state index is -0.490. The highest BCUT2D eigenvalue weighted by Crippen LogP contribution is 2.31. The molecule has 2 heterocycles. The van der Waals surface area contributed by atoms with Gasteiger partial charge in [0.2, 0.25) is 5.89 Å². The van der Waals surface area contributed by atoms with Crippen LogP contribution >= 0.6 is 0 Å². The van der Waals surface area contributed by atoms with Crippen LogP contribution in [0, 0.1) is 0 Å². The Bertz CT molecular complexity index is 1010. The summed E-state index contributed by atoms with van der Waals surface area (Å²) in [6.07, 6.45) is 1.60. The topological polar surface area (TPSA) is 87.9 Å². The first kappa shape index (κ1) is 18.7. The Morgan fingerprint density at radius 1 is 0.966 bits per heavy atom. The number of hydrogen-bond donors (Lipinski definition) is 0. The fourth-order valence-electron chi connectivity index (χ4n) is 2.90. The zero-order valence-corrected chi connectivity index (χ0v) is 15.6. The minimum absolute atomic E-state index is 0.0282. The Balaban J connectivity index is 1.26. The first-order chi connectivity index (χ1) is 14.2. The lowest BCUT2D eigenvalue weighted by molar-refractivity contribution is -0.145. The highest BCUT2D eigenvalue weighted by molar-refractivity contribution is 5.98. The normalized spacial score (nSPS) is 12.4. The van der Waals surface area contributed by atoms with Crippen molar-refractivity contribution in [2.75, 3.05) is 13.2 Å². The van der Waals surface area contributed by atoms with Gasteiger partial charge in [-0.15, -0.1) is 0 Å². The molecular formula is C22H19NO6. The summed E-state index contributed by atoms with van der Waals surface area (Å²) in [4.78, 5) is 28.4. The predicted octanol–water partition coefficient (Wildman–Crippen LogP) is 3.82. The molecule has 1 aliphatic rings. The average molecular weight is 393 g/mol. The van der Waals surface area contributed by atoms with Crippen molar-refractivity contribution in [3.8, 4) is 22.8 Å². The molecule has 0 saturated heterocycles. The monoisotopic (exact) mass is 393 g/mol. The van der Waals surface area contributed by atoms with E-state index in [1.165, 1.54) is 0 Å². The largest absolute Gasteiger partial charge is 0.486 e. The summed E-state index contributed by atoms with van der Waals surface area (Å²) in [5.74, 6) is 1.41. The molecule has 0 fully saturated rings. The van der Waals surface area contributed by atoms with Crippen molar-refractivity contribution in [2.45, 2.75) is 19.4 Å². The highest BCUT2D eigenvalue weighted by Gasteiger charge is 2.16. The van der Waals surface area contributed by atoms with Crippen LogP contribution in [0.25, 0.3) is 11.3 Å². The lowest BCUT2D eigenvalue weighted by atomic mass is 10.1. The summed E-state index contributed by atoms with van der Waals surface area (Å²) < 4.78 is 21.7. The molecule has 148 valence electrons. The Morgan fingerprint density at radius 3 is 2.59 bits per heavy atom. The smallest absolute Gasteiger partial charge is 0.306 e. The second kappa shape index (κ2) is 8.60.